The average Bonchev–Trinajstić information content (AvgIpc) is 2.66. The molecule has 0 aromatic heterocycles. The maximum atomic E-state index is 12.2. The molecule has 0 spiro atoms. The molecule has 0 aliphatic rings. The molecule has 1 N–H and O–H groups in total. The third kappa shape index (κ3) is 5.31. The fraction of sp³-hybridized carbons (Fsp3) is 0.250. The van der Waals surface area contributed by atoms with Crippen molar-refractivity contribution in [2.75, 3.05) is 14.2 Å². The first-order chi connectivity index (χ1) is 13.4. The molecular formula is C20H23ClN3O3P. The Labute approximate surface area is 172 Å². The molecular weight excluding hydrogens is 397 g/mol. The lowest BCUT2D eigenvalue weighted by Crippen LogP contribution is -2.29. The van der Waals surface area contributed by atoms with Gasteiger partial charge in [-0.1, -0.05) is 52.2 Å². The van der Waals surface area contributed by atoms with E-state index in [-0.39, 0.29) is 18.2 Å². The second kappa shape index (κ2) is 10.2. The highest BCUT2D eigenvalue weighted by atomic mass is 35.5. The van der Waals surface area contributed by atoms with Gasteiger partial charge in [0.05, 0.1) is 10.7 Å². The van der Waals surface area contributed by atoms with Crippen molar-refractivity contribution in [1.29, 1.82) is 0 Å². The normalized spacial score (nSPS) is 11.9. The van der Waals surface area contributed by atoms with Crippen molar-refractivity contribution in [2.24, 2.45) is 10.3 Å². The van der Waals surface area contributed by atoms with Crippen LogP contribution >= 0.6 is 20.8 Å². The maximum Gasteiger partial charge on any atom is 0.273 e. The number of nitrogens with one attached hydrogen (secondary N) is 1. The molecule has 0 aliphatic heterocycles. The Balaban J connectivity index is 2.29. The highest BCUT2D eigenvalue weighted by molar-refractivity contribution is 7.27. The number of amides is 1. The van der Waals surface area contributed by atoms with Crippen LogP contribution in [0.25, 0.3) is 0 Å². The number of carbonyl (C=O) groups is 1. The Morgan fingerprint density at radius 3 is 2.61 bits per heavy atom. The maximum absolute atomic E-state index is 12.2. The van der Waals surface area contributed by atoms with Gasteiger partial charge < -0.3 is 15.0 Å². The Hall–Kier alpha value is -2.43. The number of halogens is 1. The molecule has 28 heavy (non-hydrogen) atoms. The number of nitrogens with zero attached hydrogens (tertiary/aromatic N) is 2. The zero-order chi connectivity index (χ0) is 20.7. The predicted molar refractivity (Wildman–Crippen MR) is 117 cm³/mol. The number of benzene rings is 2. The second-order valence-electron chi connectivity index (χ2n) is 5.99. The fourth-order valence-electron chi connectivity index (χ4n) is 2.61. The van der Waals surface area contributed by atoms with Gasteiger partial charge in [-0.05, 0) is 30.8 Å². The first kappa shape index (κ1) is 21.9. The Morgan fingerprint density at radius 2 is 1.96 bits per heavy atom. The molecule has 1 atom stereocenters. The molecule has 0 aliphatic carbocycles. The summed E-state index contributed by atoms with van der Waals surface area (Å²) in [5.41, 5.74) is 3.99. The average molecular weight is 420 g/mol. The van der Waals surface area contributed by atoms with Crippen molar-refractivity contribution in [1.82, 2.24) is 5.32 Å². The number of hydrogen-bond donors (Lipinski definition) is 1. The van der Waals surface area contributed by atoms with E-state index in [1.807, 2.05) is 44.2 Å². The molecule has 0 bridgehead atoms. The van der Waals surface area contributed by atoms with Crippen molar-refractivity contribution in [3.8, 4) is 0 Å². The Morgan fingerprint density at radius 1 is 1.21 bits per heavy atom. The standard InChI is InChI=1S/C20H23ClN3O3P/c1-12-6-5-7-16(19(24-26-4)20(25)22-3)17(12)11-27-23-13(2)15-9-8-14(28)10-18(15)21/h5-10H,11,28H2,1-4H3,(H,22,25)/b23-13+,24-19+. The molecule has 0 saturated carbocycles. The van der Waals surface area contributed by atoms with Crippen molar-refractivity contribution in [3.05, 3.63) is 63.7 Å². The quantitative estimate of drug-likeness (QED) is 0.425. The van der Waals surface area contributed by atoms with Crippen LogP contribution in [0.5, 0.6) is 0 Å². The summed E-state index contributed by atoms with van der Waals surface area (Å²) in [6, 6.07) is 11.2. The largest absolute Gasteiger partial charge is 0.398 e. The van der Waals surface area contributed by atoms with Gasteiger partial charge in [-0.25, -0.2) is 0 Å². The van der Waals surface area contributed by atoms with Crippen LogP contribution in [0, 0.1) is 6.92 Å². The smallest absolute Gasteiger partial charge is 0.273 e. The van der Waals surface area contributed by atoms with E-state index in [0.29, 0.717) is 16.3 Å². The molecule has 148 valence electrons. The van der Waals surface area contributed by atoms with Gasteiger partial charge >= 0.3 is 0 Å². The molecule has 1 unspecified atom stereocenters. The van der Waals surface area contributed by atoms with Crippen LogP contribution in [0.2, 0.25) is 5.02 Å². The van der Waals surface area contributed by atoms with Gasteiger partial charge in [0.25, 0.3) is 5.91 Å². The first-order valence-corrected chi connectivity index (χ1v) is 9.48. The topological polar surface area (TPSA) is 72.3 Å². The number of aryl methyl sites for hydroxylation is 1. The molecule has 0 radical (unpaired) electrons. The summed E-state index contributed by atoms with van der Waals surface area (Å²) >= 11 is 6.27. The van der Waals surface area contributed by atoms with Crippen molar-refractivity contribution < 1.29 is 14.5 Å². The molecule has 0 fully saturated rings. The van der Waals surface area contributed by atoms with Gasteiger partial charge in [0, 0.05) is 23.7 Å². The van der Waals surface area contributed by atoms with E-state index < -0.39 is 0 Å². The van der Waals surface area contributed by atoms with Crippen molar-refractivity contribution >= 4 is 43.5 Å². The van der Waals surface area contributed by atoms with E-state index in [9.17, 15) is 4.79 Å². The van der Waals surface area contributed by atoms with E-state index >= 15 is 0 Å². The fourth-order valence-corrected chi connectivity index (χ4v) is 3.30. The highest BCUT2D eigenvalue weighted by Gasteiger charge is 2.19. The number of rotatable bonds is 7. The number of carbonyl (C=O) groups excluding carboxylic acids is 1. The minimum Gasteiger partial charge on any atom is -0.398 e. The number of hydrogen-bond acceptors (Lipinski definition) is 5. The molecule has 0 saturated heterocycles. The number of likely N-dealkylation sites (N-methyl/N-ethyl adjacent to an activating group) is 1. The van der Waals surface area contributed by atoms with Gasteiger partial charge in [-0.15, -0.1) is 9.24 Å². The van der Waals surface area contributed by atoms with Crippen LogP contribution in [0.4, 0.5) is 0 Å². The molecule has 6 nitrogen and oxygen atoms in total. The number of oxime groups is 2. The van der Waals surface area contributed by atoms with E-state index in [1.165, 1.54) is 14.2 Å². The SMILES string of the molecule is CNC(=O)/C(=N/OC)c1cccc(C)c1CO/N=C(\C)c1ccc(P)cc1Cl. The third-order valence-electron chi connectivity index (χ3n) is 4.08. The summed E-state index contributed by atoms with van der Waals surface area (Å²) < 4.78 is 0. The van der Waals surface area contributed by atoms with Gasteiger partial charge in [0.1, 0.15) is 13.7 Å². The van der Waals surface area contributed by atoms with Crippen LogP contribution in [0.15, 0.2) is 46.7 Å². The summed E-state index contributed by atoms with van der Waals surface area (Å²) in [4.78, 5) is 22.6. The summed E-state index contributed by atoms with van der Waals surface area (Å²) in [7, 11) is 5.53. The van der Waals surface area contributed by atoms with E-state index in [4.69, 9.17) is 21.3 Å². The van der Waals surface area contributed by atoms with Crippen molar-refractivity contribution in [2.45, 2.75) is 20.5 Å². The van der Waals surface area contributed by atoms with Crippen LogP contribution in [0.1, 0.15) is 29.2 Å². The molecule has 8 heteroatoms. The van der Waals surface area contributed by atoms with Gasteiger partial charge in [-0.3, -0.25) is 4.79 Å². The highest BCUT2D eigenvalue weighted by Crippen LogP contribution is 2.19. The lowest BCUT2D eigenvalue weighted by molar-refractivity contribution is -0.114. The molecule has 1 amide bonds. The van der Waals surface area contributed by atoms with E-state index in [2.05, 4.69) is 24.9 Å². The van der Waals surface area contributed by atoms with Gasteiger partial charge in [0.15, 0.2) is 5.71 Å². The Bertz CT molecular complexity index is 929. The van der Waals surface area contributed by atoms with Gasteiger partial charge in [-0.2, -0.15) is 0 Å². The van der Waals surface area contributed by atoms with Crippen LogP contribution in [-0.2, 0) is 21.1 Å². The van der Waals surface area contributed by atoms with Crippen molar-refractivity contribution in [3.63, 3.8) is 0 Å². The monoisotopic (exact) mass is 419 g/mol. The zero-order valence-corrected chi connectivity index (χ0v) is 18.2. The molecule has 0 heterocycles. The lowest BCUT2D eigenvalue weighted by atomic mass is 9.98. The first-order valence-electron chi connectivity index (χ1n) is 8.53. The van der Waals surface area contributed by atoms with Crippen LogP contribution in [-0.4, -0.2) is 31.5 Å². The van der Waals surface area contributed by atoms with E-state index in [0.717, 1.165) is 22.0 Å². The van der Waals surface area contributed by atoms with Crippen LogP contribution in [0.3, 0.4) is 0 Å². The van der Waals surface area contributed by atoms with E-state index in [1.54, 1.807) is 6.07 Å². The summed E-state index contributed by atoms with van der Waals surface area (Å²) in [5.74, 6) is -0.349. The lowest BCUT2D eigenvalue weighted by Gasteiger charge is -2.13. The summed E-state index contributed by atoms with van der Waals surface area (Å²) in [6.45, 7) is 3.92. The molecule has 2 aromatic rings. The molecule has 2 aromatic carbocycles. The van der Waals surface area contributed by atoms with Crippen LogP contribution < -0.4 is 10.6 Å². The second-order valence-corrected chi connectivity index (χ2v) is 7.07. The minimum absolute atomic E-state index is 0.165. The zero-order valence-electron chi connectivity index (χ0n) is 16.2. The van der Waals surface area contributed by atoms with Gasteiger partial charge in [0.2, 0.25) is 0 Å². The Kier molecular flexibility index (Phi) is 7.97. The summed E-state index contributed by atoms with van der Waals surface area (Å²) in [5, 5.41) is 12.2. The third-order valence-corrected chi connectivity index (χ3v) is 4.76. The summed E-state index contributed by atoms with van der Waals surface area (Å²) in [6.07, 6.45) is 0. The molecule has 2 rings (SSSR count). The minimum atomic E-state index is -0.349. The predicted octanol–water partition coefficient (Wildman–Crippen LogP) is 3.19.